The smallest absolute Gasteiger partial charge is 0.335 e. The van der Waals surface area contributed by atoms with Gasteiger partial charge in [0.25, 0.3) is 5.91 Å². The molecular formula is C21H25F3N6O2. The Kier molecular flexibility index (Phi) is 6.33. The van der Waals surface area contributed by atoms with E-state index in [1.807, 2.05) is 0 Å². The largest absolute Gasteiger partial charge is 0.418 e. The van der Waals surface area contributed by atoms with Gasteiger partial charge in [0.15, 0.2) is 5.69 Å². The lowest BCUT2D eigenvalue weighted by Gasteiger charge is -2.35. The first-order valence-corrected chi connectivity index (χ1v) is 10.8. The normalized spacial score (nSPS) is 18.0. The molecule has 0 spiro atoms. The van der Waals surface area contributed by atoms with Crippen LogP contribution in [0.2, 0.25) is 0 Å². The summed E-state index contributed by atoms with van der Waals surface area (Å²) in [6, 6.07) is 5.08. The number of benzene rings is 1. The number of piperazine rings is 1. The molecule has 0 bridgehead atoms. The highest BCUT2D eigenvalue weighted by Gasteiger charge is 2.34. The van der Waals surface area contributed by atoms with Gasteiger partial charge in [-0.05, 0) is 25.0 Å². The number of carbonyl (C=O) groups is 2. The van der Waals surface area contributed by atoms with Crippen molar-refractivity contribution in [1.29, 1.82) is 0 Å². The molecule has 0 atom stereocenters. The quantitative estimate of drug-likeness (QED) is 0.779. The molecule has 2 aromatic rings. The van der Waals surface area contributed by atoms with Crippen molar-refractivity contribution in [2.45, 2.75) is 44.3 Å². The van der Waals surface area contributed by atoms with Crippen molar-refractivity contribution in [3.8, 4) is 5.69 Å². The van der Waals surface area contributed by atoms with Crippen LogP contribution in [0.4, 0.5) is 18.0 Å². The van der Waals surface area contributed by atoms with Gasteiger partial charge in [-0.2, -0.15) is 13.2 Å². The van der Waals surface area contributed by atoms with Gasteiger partial charge in [-0.25, -0.2) is 9.48 Å². The first-order valence-electron chi connectivity index (χ1n) is 10.8. The molecule has 11 heteroatoms. The molecule has 0 radical (unpaired) electrons. The van der Waals surface area contributed by atoms with E-state index in [0.29, 0.717) is 26.2 Å². The first-order chi connectivity index (χ1) is 15.3. The van der Waals surface area contributed by atoms with Crippen molar-refractivity contribution in [3.05, 3.63) is 41.7 Å². The molecule has 2 aliphatic rings. The second kappa shape index (κ2) is 9.17. The molecule has 0 unspecified atom stereocenters. The second-order valence-corrected chi connectivity index (χ2v) is 8.13. The molecule has 1 aromatic carbocycles. The Morgan fingerprint density at radius 2 is 1.62 bits per heavy atom. The lowest BCUT2D eigenvalue weighted by molar-refractivity contribution is -0.137. The maximum absolute atomic E-state index is 13.3. The molecule has 32 heavy (non-hydrogen) atoms. The van der Waals surface area contributed by atoms with Crippen molar-refractivity contribution in [3.63, 3.8) is 0 Å². The lowest BCUT2D eigenvalue weighted by Crippen LogP contribution is -2.54. The van der Waals surface area contributed by atoms with Crippen LogP contribution in [0.5, 0.6) is 0 Å². The summed E-state index contributed by atoms with van der Waals surface area (Å²) < 4.78 is 40.8. The van der Waals surface area contributed by atoms with E-state index in [-0.39, 0.29) is 23.5 Å². The monoisotopic (exact) mass is 450 g/mol. The van der Waals surface area contributed by atoms with Gasteiger partial charge in [-0.1, -0.05) is 36.6 Å². The zero-order valence-electron chi connectivity index (χ0n) is 17.5. The van der Waals surface area contributed by atoms with Crippen molar-refractivity contribution < 1.29 is 22.8 Å². The van der Waals surface area contributed by atoms with Crippen LogP contribution in [0.3, 0.4) is 0 Å². The third kappa shape index (κ3) is 4.86. The van der Waals surface area contributed by atoms with Gasteiger partial charge in [0.2, 0.25) is 0 Å². The highest BCUT2D eigenvalue weighted by molar-refractivity contribution is 5.92. The second-order valence-electron chi connectivity index (χ2n) is 8.13. The van der Waals surface area contributed by atoms with E-state index in [2.05, 4.69) is 15.6 Å². The zero-order chi connectivity index (χ0) is 22.7. The average molecular weight is 450 g/mol. The zero-order valence-corrected chi connectivity index (χ0v) is 17.5. The molecule has 1 aliphatic heterocycles. The molecule has 8 nitrogen and oxygen atoms in total. The fourth-order valence-corrected chi connectivity index (χ4v) is 4.18. The van der Waals surface area contributed by atoms with Crippen molar-refractivity contribution in [2.24, 2.45) is 0 Å². The van der Waals surface area contributed by atoms with Gasteiger partial charge < -0.3 is 15.1 Å². The summed E-state index contributed by atoms with van der Waals surface area (Å²) in [5.74, 6) is -0.423. The molecule has 2 fully saturated rings. The molecule has 1 saturated carbocycles. The van der Waals surface area contributed by atoms with E-state index >= 15 is 0 Å². The minimum absolute atomic E-state index is 0.0397. The fourth-order valence-electron chi connectivity index (χ4n) is 4.18. The molecule has 2 heterocycles. The van der Waals surface area contributed by atoms with E-state index in [1.165, 1.54) is 35.7 Å². The minimum Gasteiger partial charge on any atom is -0.335 e. The van der Waals surface area contributed by atoms with Gasteiger partial charge in [0.05, 0.1) is 17.4 Å². The molecule has 1 aromatic heterocycles. The number of amides is 3. The van der Waals surface area contributed by atoms with Gasteiger partial charge in [-0.3, -0.25) is 4.79 Å². The number of rotatable bonds is 3. The lowest BCUT2D eigenvalue weighted by atomic mass is 9.96. The summed E-state index contributed by atoms with van der Waals surface area (Å²) in [5.41, 5.74) is -1.10. The molecule has 4 rings (SSSR count). The van der Waals surface area contributed by atoms with Crippen LogP contribution in [0.15, 0.2) is 30.5 Å². The van der Waals surface area contributed by atoms with Gasteiger partial charge in [0, 0.05) is 32.2 Å². The third-order valence-electron chi connectivity index (χ3n) is 5.96. The van der Waals surface area contributed by atoms with Crippen LogP contribution in [-0.4, -0.2) is 69.0 Å². The van der Waals surface area contributed by atoms with E-state index in [9.17, 15) is 22.8 Å². The summed E-state index contributed by atoms with van der Waals surface area (Å²) in [6.45, 7) is 1.41. The van der Waals surface area contributed by atoms with Crippen LogP contribution in [-0.2, 0) is 6.18 Å². The minimum atomic E-state index is -4.55. The van der Waals surface area contributed by atoms with Crippen LogP contribution < -0.4 is 5.32 Å². The van der Waals surface area contributed by atoms with Crippen molar-refractivity contribution >= 4 is 11.9 Å². The van der Waals surface area contributed by atoms with E-state index in [1.54, 1.807) is 4.90 Å². The van der Waals surface area contributed by atoms with E-state index in [0.717, 1.165) is 36.4 Å². The Labute approximate surface area is 183 Å². The Balaban J connectivity index is 1.37. The summed E-state index contributed by atoms with van der Waals surface area (Å²) in [6.07, 6.45) is 2.10. The Hall–Kier alpha value is -3.11. The Morgan fingerprint density at radius 1 is 0.969 bits per heavy atom. The molecule has 1 saturated heterocycles. The molecule has 172 valence electrons. The third-order valence-corrected chi connectivity index (χ3v) is 5.96. The topological polar surface area (TPSA) is 83.4 Å². The molecule has 1 aliphatic carbocycles. The summed E-state index contributed by atoms with van der Waals surface area (Å²) in [4.78, 5) is 28.5. The predicted molar refractivity (Wildman–Crippen MR) is 109 cm³/mol. The maximum atomic E-state index is 13.3. The van der Waals surface area contributed by atoms with Gasteiger partial charge in [0.1, 0.15) is 0 Å². The van der Waals surface area contributed by atoms with Crippen molar-refractivity contribution in [1.82, 2.24) is 30.1 Å². The number of aromatic nitrogens is 3. The van der Waals surface area contributed by atoms with Crippen LogP contribution >= 0.6 is 0 Å². The Morgan fingerprint density at radius 3 is 2.31 bits per heavy atom. The first kappa shape index (κ1) is 22.1. The number of nitrogens with zero attached hydrogens (tertiary/aromatic N) is 5. The number of halogens is 3. The standard InChI is InChI=1S/C21H25F3N6O2/c22-21(23,24)16-8-4-5-9-18(16)30-14-17(26-27-30)19(31)28-10-12-29(13-11-28)20(32)25-15-6-2-1-3-7-15/h4-5,8-9,14-15H,1-3,6-7,10-13H2,(H,25,32). The summed E-state index contributed by atoms with van der Waals surface area (Å²) >= 11 is 0. The molecule has 3 amide bonds. The predicted octanol–water partition coefficient (Wildman–Crippen LogP) is 3.09. The number of nitrogens with one attached hydrogen (secondary N) is 1. The number of urea groups is 1. The van der Waals surface area contributed by atoms with Gasteiger partial charge >= 0.3 is 12.2 Å². The highest BCUT2D eigenvalue weighted by atomic mass is 19.4. The summed E-state index contributed by atoms with van der Waals surface area (Å²) in [5, 5.41) is 10.6. The van der Waals surface area contributed by atoms with Gasteiger partial charge in [-0.15, -0.1) is 5.10 Å². The average Bonchev–Trinajstić information content (AvgIpc) is 3.29. The SMILES string of the molecule is O=C(NC1CCCCC1)N1CCN(C(=O)c2cn(-c3ccccc3C(F)(F)F)nn2)CC1. The fraction of sp³-hybridized carbons (Fsp3) is 0.524. The van der Waals surface area contributed by atoms with Crippen LogP contribution in [0, 0.1) is 0 Å². The Bertz CT molecular complexity index is 962. The van der Waals surface area contributed by atoms with E-state index in [4.69, 9.17) is 0 Å². The number of hydrogen-bond donors (Lipinski definition) is 1. The summed E-state index contributed by atoms with van der Waals surface area (Å²) in [7, 11) is 0. The van der Waals surface area contributed by atoms with Crippen molar-refractivity contribution in [2.75, 3.05) is 26.2 Å². The highest BCUT2D eigenvalue weighted by Crippen LogP contribution is 2.33. The number of hydrogen-bond acceptors (Lipinski definition) is 4. The number of para-hydroxylation sites is 1. The maximum Gasteiger partial charge on any atom is 0.418 e. The molecular weight excluding hydrogens is 425 g/mol. The van der Waals surface area contributed by atoms with E-state index < -0.39 is 17.6 Å². The molecule has 1 N–H and O–H groups in total. The van der Waals surface area contributed by atoms with Crippen LogP contribution in [0.25, 0.3) is 5.69 Å². The van der Waals surface area contributed by atoms with Crippen LogP contribution in [0.1, 0.15) is 48.2 Å². The number of alkyl halides is 3. The number of carbonyl (C=O) groups excluding carboxylic acids is 2.